The molecule has 1 heteroatoms. The SMILES string of the molecule is Cc1ccccc1OCCC1CCCCC1. The molecule has 0 atom stereocenters. The fourth-order valence-corrected chi connectivity index (χ4v) is 2.53. The molecule has 16 heavy (non-hydrogen) atoms. The lowest BCUT2D eigenvalue weighted by Gasteiger charge is -2.21. The van der Waals surface area contributed by atoms with Crippen LogP contribution in [0.3, 0.4) is 0 Å². The van der Waals surface area contributed by atoms with Gasteiger partial charge >= 0.3 is 0 Å². The molecule has 1 aliphatic rings. The average molecular weight is 218 g/mol. The predicted octanol–water partition coefficient (Wildman–Crippen LogP) is 4.34. The van der Waals surface area contributed by atoms with E-state index in [-0.39, 0.29) is 0 Å². The zero-order valence-electron chi connectivity index (χ0n) is 10.2. The minimum atomic E-state index is 0.884. The summed E-state index contributed by atoms with van der Waals surface area (Å²) in [6, 6.07) is 8.28. The fourth-order valence-electron chi connectivity index (χ4n) is 2.53. The van der Waals surface area contributed by atoms with Gasteiger partial charge in [0.25, 0.3) is 0 Å². The summed E-state index contributed by atoms with van der Waals surface area (Å²) in [5.41, 5.74) is 1.24. The van der Waals surface area contributed by atoms with Crippen molar-refractivity contribution in [3.63, 3.8) is 0 Å². The molecule has 2 rings (SSSR count). The first-order valence-corrected chi connectivity index (χ1v) is 6.54. The van der Waals surface area contributed by atoms with Gasteiger partial charge < -0.3 is 4.74 Å². The topological polar surface area (TPSA) is 9.23 Å². The molecule has 0 spiro atoms. The van der Waals surface area contributed by atoms with Gasteiger partial charge in [0.2, 0.25) is 0 Å². The molecule has 1 saturated carbocycles. The maximum Gasteiger partial charge on any atom is 0.122 e. The summed E-state index contributed by atoms with van der Waals surface area (Å²) in [4.78, 5) is 0. The molecule has 0 bridgehead atoms. The Morgan fingerprint density at radius 1 is 1.12 bits per heavy atom. The number of benzene rings is 1. The number of ether oxygens (including phenoxy) is 1. The average Bonchev–Trinajstić information content (AvgIpc) is 2.33. The Labute approximate surface area is 98.8 Å². The van der Waals surface area contributed by atoms with E-state index in [0.717, 1.165) is 18.3 Å². The molecule has 1 nitrogen and oxygen atoms in total. The molecule has 0 amide bonds. The summed E-state index contributed by atoms with van der Waals surface area (Å²) in [5, 5.41) is 0. The smallest absolute Gasteiger partial charge is 0.122 e. The molecule has 1 aromatic carbocycles. The predicted molar refractivity (Wildman–Crippen MR) is 67.9 cm³/mol. The van der Waals surface area contributed by atoms with Gasteiger partial charge in [0.15, 0.2) is 0 Å². The maximum atomic E-state index is 5.84. The van der Waals surface area contributed by atoms with Crippen molar-refractivity contribution in [1.82, 2.24) is 0 Å². The van der Waals surface area contributed by atoms with Crippen LogP contribution in [0.4, 0.5) is 0 Å². The lowest BCUT2D eigenvalue weighted by Crippen LogP contribution is -2.10. The van der Waals surface area contributed by atoms with Crippen LogP contribution in [-0.2, 0) is 0 Å². The summed E-state index contributed by atoms with van der Waals surface area (Å²) in [6.45, 7) is 2.99. The summed E-state index contributed by atoms with van der Waals surface area (Å²) in [6.07, 6.45) is 8.35. The van der Waals surface area contributed by atoms with E-state index in [0.29, 0.717) is 0 Å². The third-order valence-electron chi connectivity index (χ3n) is 3.60. The third-order valence-corrected chi connectivity index (χ3v) is 3.60. The third kappa shape index (κ3) is 3.26. The molecule has 0 saturated heterocycles. The van der Waals surface area contributed by atoms with Gasteiger partial charge in [-0.2, -0.15) is 0 Å². The van der Waals surface area contributed by atoms with Crippen molar-refractivity contribution < 1.29 is 4.74 Å². The van der Waals surface area contributed by atoms with E-state index in [2.05, 4.69) is 25.1 Å². The Morgan fingerprint density at radius 2 is 1.88 bits per heavy atom. The van der Waals surface area contributed by atoms with Crippen LogP contribution >= 0.6 is 0 Å². The first-order valence-electron chi connectivity index (χ1n) is 6.54. The van der Waals surface area contributed by atoms with Gasteiger partial charge in [0.1, 0.15) is 5.75 Å². The number of aryl methyl sites for hydroxylation is 1. The van der Waals surface area contributed by atoms with Crippen LogP contribution in [0.15, 0.2) is 24.3 Å². The van der Waals surface area contributed by atoms with Crippen molar-refractivity contribution in [2.24, 2.45) is 5.92 Å². The summed E-state index contributed by atoms with van der Waals surface area (Å²) in [5.74, 6) is 1.97. The highest BCUT2D eigenvalue weighted by Crippen LogP contribution is 2.26. The van der Waals surface area contributed by atoms with Crippen molar-refractivity contribution in [2.45, 2.75) is 45.4 Å². The largest absolute Gasteiger partial charge is 0.493 e. The number of hydrogen-bond acceptors (Lipinski definition) is 1. The van der Waals surface area contributed by atoms with E-state index < -0.39 is 0 Å². The van der Waals surface area contributed by atoms with Crippen molar-refractivity contribution in [3.05, 3.63) is 29.8 Å². The van der Waals surface area contributed by atoms with Crippen molar-refractivity contribution in [1.29, 1.82) is 0 Å². The lowest BCUT2D eigenvalue weighted by atomic mass is 9.87. The highest BCUT2D eigenvalue weighted by atomic mass is 16.5. The first kappa shape index (κ1) is 11.5. The Hall–Kier alpha value is -0.980. The molecule has 1 aromatic rings. The highest BCUT2D eigenvalue weighted by molar-refractivity contribution is 5.31. The van der Waals surface area contributed by atoms with E-state index in [9.17, 15) is 0 Å². The van der Waals surface area contributed by atoms with Crippen LogP contribution in [0.5, 0.6) is 5.75 Å². The van der Waals surface area contributed by atoms with Crippen LogP contribution in [-0.4, -0.2) is 6.61 Å². The van der Waals surface area contributed by atoms with E-state index in [1.165, 1.54) is 44.1 Å². The van der Waals surface area contributed by atoms with Crippen molar-refractivity contribution in [2.75, 3.05) is 6.61 Å². The number of rotatable bonds is 4. The molecule has 1 aliphatic carbocycles. The Bertz CT molecular complexity index is 313. The first-order chi connectivity index (χ1) is 7.86. The van der Waals surface area contributed by atoms with Gasteiger partial charge in [-0.05, 0) is 30.9 Å². The summed E-state index contributed by atoms with van der Waals surface area (Å²) >= 11 is 0. The second-order valence-corrected chi connectivity index (χ2v) is 4.91. The second-order valence-electron chi connectivity index (χ2n) is 4.91. The lowest BCUT2D eigenvalue weighted by molar-refractivity contribution is 0.245. The normalized spacial score (nSPS) is 17.3. The summed E-state index contributed by atoms with van der Waals surface area (Å²) in [7, 11) is 0. The fraction of sp³-hybridized carbons (Fsp3) is 0.600. The number of hydrogen-bond donors (Lipinski definition) is 0. The quantitative estimate of drug-likeness (QED) is 0.730. The molecule has 0 radical (unpaired) electrons. The molecule has 0 aromatic heterocycles. The Kier molecular flexibility index (Phi) is 4.26. The van der Waals surface area contributed by atoms with Gasteiger partial charge in [-0.1, -0.05) is 50.3 Å². The Morgan fingerprint density at radius 3 is 2.62 bits per heavy atom. The minimum absolute atomic E-state index is 0.884. The van der Waals surface area contributed by atoms with Gasteiger partial charge in [-0.15, -0.1) is 0 Å². The molecule has 0 N–H and O–H groups in total. The van der Waals surface area contributed by atoms with E-state index >= 15 is 0 Å². The van der Waals surface area contributed by atoms with Gasteiger partial charge in [0, 0.05) is 0 Å². The van der Waals surface area contributed by atoms with Crippen LogP contribution in [0.25, 0.3) is 0 Å². The zero-order chi connectivity index (χ0) is 11.2. The number of para-hydroxylation sites is 1. The van der Waals surface area contributed by atoms with E-state index in [1.807, 2.05) is 6.07 Å². The van der Waals surface area contributed by atoms with Crippen LogP contribution in [0.1, 0.15) is 44.1 Å². The Balaban J connectivity index is 1.73. The minimum Gasteiger partial charge on any atom is -0.493 e. The van der Waals surface area contributed by atoms with Crippen LogP contribution in [0.2, 0.25) is 0 Å². The van der Waals surface area contributed by atoms with Crippen molar-refractivity contribution in [3.8, 4) is 5.75 Å². The van der Waals surface area contributed by atoms with Gasteiger partial charge in [0.05, 0.1) is 6.61 Å². The maximum absolute atomic E-state index is 5.84. The molecular weight excluding hydrogens is 196 g/mol. The molecule has 0 heterocycles. The van der Waals surface area contributed by atoms with E-state index in [1.54, 1.807) is 0 Å². The molecule has 0 unspecified atom stereocenters. The molecular formula is C15H22O. The zero-order valence-corrected chi connectivity index (χ0v) is 10.2. The molecule has 88 valence electrons. The van der Waals surface area contributed by atoms with Crippen LogP contribution in [0, 0.1) is 12.8 Å². The van der Waals surface area contributed by atoms with Crippen LogP contribution < -0.4 is 4.74 Å². The second kappa shape index (κ2) is 5.93. The highest BCUT2D eigenvalue weighted by Gasteiger charge is 2.13. The standard InChI is InChI=1S/C15H22O/c1-13-7-5-6-10-15(13)16-12-11-14-8-3-2-4-9-14/h5-7,10,14H,2-4,8-9,11-12H2,1H3. The van der Waals surface area contributed by atoms with Gasteiger partial charge in [-0.3, -0.25) is 0 Å². The van der Waals surface area contributed by atoms with Crippen molar-refractivity contribution >= 4 is 0 Å². The van der Waals surface area contributed by atoms with Gasteiger partial charge in [-0.25, -0.2) is 0 Å². The summed E-state index contributed by atoms with van der Waals surface area (Å²) < 4.78 is 5.84. The molecule has 0 aliphatic heterocycles. The molecule has 1 fully saturated rings. The van der Waals surface area contributed by atoms with E-state index in [4.69, 9.17) is 4.74 Å². The monoisotopic (exact) mass is 218 g/mol.